The maximum absolute atomic E-state index is 5.96. The number of nitrogens with zero attached hydrogens (tertiary/aromatic N) is 1. The molecule has 2 rings (SSSR count). The molecule has 1 aliphatic heterocycles. The summed E-state index contributed by atoms with van der Waals surface area (Å²) in [4.78, 5) is 4.03. The van der Waals surface area contributed by atoms with Gasteiger partial charge in [0.05, 0.1) is 11.7 Å². The van der Waals surface area contributed by atoms with Crippen LogP contribution in [0.2, 0.25) is 0 Å². The molecule has 1 aromatic heterocycles. The van der Waals surface area contributed by atoms with Gasteiger partial charge in [-0.3, -0.25) is 4.98 Å². The van der Waals surface area contributed by atoms with E-state index in [9.17, 15) is 0 Å². The van der Waals surface area contributed by atoms with Gasteiger partial charge in [-0.15, -0.1) is 0 Å². The molecule has 2 atom stereocenters. The van der Waals surface area contributed by atoms with Gasteiger partial charge in [-0.1, -0.05) is 0 Å². The van der Waals surface area contributed by atoms with Crippen molar-refractivity contribution in [2.24, 2.45) is 0 Å². The highest BCUT2D eigenvalue weighted by Crippen LogP contribution is 2.29. The summed E-state index contributed by atoms with van der Waals surface area (Å²) in [6, 6.07) is 4.46. The van der Waals surface area contributed by atoms with Crippen molar-refractivity contribution in [3.63, 3.8) is 0 Å². The van der Waals surface area contributed by atoms with Crippen LogP contribution in [0.25, 0.3) is 0 Å². The van der Waals surface area contributed by atoms with Crippen molar-refractivity contribution in [3.05, 3.63) is 30.1 Å². The lowest BCUT2D eigenvalue weighted by atomic mass is 10.1. The summed E-state index contributed by atoms with van der Waals surface area (Å²) in [5, 5.41) is 3.53. The van der Waals surface area contributed by atoms with E-state index in [1.807, 2.05) is 12.4 Å². The number of nitrogens with one attached hydrogen (secondary N) is 1. The summed E-state index contributed by atoms with van der Waals surface area (Å²) >= 11 is 0. The van der Waals surface area contributed by atoms with Gasteiger partial charge in [0.25, 0.3) is 0 Å². The minimum absolute atomic E-state index is 0.0618. The molecule has 3 heteroatoms. The molecule has 0 spiro atoms. The maximum atomic E-state index is 5.96. The Hall–Kier alpha value is -0.930. The average Bonchev–Trinajstić information content (AvgIpc) is 2.67. The summed E-state index contributed by atoms with van der Waals surface area (Å²) in [7, 11) is 0. The van der Waals surface area contributed by atoms with Crippen LogP contribution in [0, 0.1) is 0 Å². The van der Waals surface area contributed by atoms with E-state index in [1.165, 1.54) is 5.56 Å². The number of hydrogen-bond donors (Lipinski definition) is 1. The van der Waals surface area contributed by atoms with Crippen molar-refractivity contribution in [1.82, 2.24) is 10.3 Å². The van der Waals surface area contributed by atoms with Crippen molar-refractivity contribution < 1.29 is 4.74 Å². The summed E-state index contributed by atoms with van der Waals surface area (Å²) in [6.07, 6.45) is 6.34. The van der Waals surface area contributed by atoms with E-state index in [0.29, 0.717) is 12.1 Å². The monoisotopic (exact) mass is 234 g/mol. The largest absolute Gasteiger partial charge is 0.371 e. The predicted molar refractivity (Wildman–Crippen MR) is 68.8 cm³/mol. The Balaban J connectivity index is 1.79. The maximum Gasteiger partial charge on any atom is 0.0708 e. The van der Waals surface area contributed by atoms with Crippen molar-refractivity contribution in [2.45, 2.75) is 51.4 Å². The average molecular weight is 234 g/mol. The molecule has 0 saturated carbocycles. The van der Waals surface area contributed by atoms with Gasteiger partial charge in [0, 0.05) is 25.0 Å². The van der Waals surface area contributed by atoms with E-state index in [0.717, 1.165) is 19.4 Å². The molecular formula is C14H22N2O. The lowest BCUT2D eigenvalue weighted by molar-refractivity contribution is -0.0150. The van der Waals surface area contributed by atoms with Crippen LogP contribution in [-0.4, -0.2) is 23.2 Å². The number of hydrogen-bond acceptors (Lipinski definition) is 3. The standard InChI is InChI=1S/C14H22N2O/c1-11(12-5-8-15-9-6-12)16-10-13-4-7-14(2,3)17-13/h5-6,8-9,11,13,16H,4,7,10H2,1-3H3/t11-,13?/m0/s1. The van der Waals surface area contributed by atoms with E-state index < -0.39 is 0 Å². The van der Waals surface area contributed by atoms with Crippen LogP contribution in [0.4, 0.5) is 0 Å². The third kappa shape index (κ3) is 3.51. The van der Waals surface area contributed by atoms with E-state index in [1.54, 1.807) is 0 Å². The molecule has 0 radical (unpaired) electrons. The zero-order valence-corrected chi connectivity index (χ0v) is 10.9. The summed E-state index contributed by atoms with van der Waals surface area (Å²) < 4.78 is 5.96. The van der Waals surface area contributed by atoms with Gasteiger partial charge in [0.15, 0.2) is 0 Å². The third-order valence-electron chi connectivity index (χ3n) is 3.41. The van der Waals surface area contributed by atoms with Crippen LogP contribution in [0.5, 0.6) is 0 Å². The van der Waals surface area contributed by atoms with E-state index in [-0.39, 0.29) is 5.60 Å². The summed E-state index contributed by atoms with van der Waals surface area (Å²) in [5.74, 6) is 0. The fourth-order valence-electron chi connectivity index (χ4n) is 2.30. The zero-order chi connectivity index (χ0) is 12.3. The Morgan fingerprint density at radius 3 is 2.76 bits per heavy atom. The molecule has 0 aliphatic carbocycles. The highest BCUT2D eigenvalue weighted by atomic mass is 16.5. The van der Waals surface area contributed by atoms with Gasteiger partial charge in [-0.25, -0.2) is 0 Å². The third-order valence-corrected chi connectivity index (χ3v) is 3.41. The van der Waals surface area contributed by atoms with E-state index in [2.05, 4.69) is 43.2 Å². The minimum atomic E-state index is 0.0618. The van der Waals surface area contributed by atoms with Crippen LogP contribution in [0.15, 0.2) is 24.5 Å². The first-order valence-electron chi connectivity index (χ1n) is 6.38. The van der Waals surface area contributed by atoms with Gasteiger partial charge < -0.3 is 10.1 Å². The molecule has 1 fully saturated rings. The molecule has 0 aromatic carbocycles. The second kappa shape index (κ2) is 5.15. The van der Waals surface area contributed by atoms with Crippen LogP contribution >= 0.6 is 0 Å². The second-order valence-corrected chi connectivity index (χ2v) is 5.45. The Labute approximate surface area is 104 Å². The number of aromatic nitrogens is 1. The van der Waals surface area contributed by atoms with Crippen LogP contribution in [0.3, 0.4) is 0 Å². The van der Waals surface area contributed by atoms with Gasteiger partial charge >= 0.3 is 0 Å². The lowest BCUT2D eigenvalue weighted by Crippen LogP contribution is -2.31. The molecular weight excluding hydrogens is 212 g/mol. The molecule has 3 nitrogen and oxygen atoms in total. The summed E-state index contributed by atoms with van der Waals surface area (Å²) in [6.45, 7) is 7.43. The Morgan fingerprint density at radius 2 is 2.18 bits per heavy atom. The molecule has 1 saturated heterocycles. The second-order valence-electron chi connectivity index (χ2n) is 5.45. The molecule has 0 amide bonds. The zero-order valence-electron chi connectivity index (χ0n) is 10.9. The molecule has 1 unspecified atom stereocenters. The summed E-state index contributed by atoms with van der Waals surface area (Å²) in [5.41, 5.74) is 1.34. The number of ether oxygens (including phenoxy) is 1. The highest BCUT2D eigenvalue weighted by Gasteiger charge is 2.31. The fourth-order valence-corrected chi connectivity index (χ4v) is 2.30. The molecule has 1 aromatic rings. The van der Waals surface area contributed by atoms with Gasteiger partial charge in [-0.2, -0.15) is 0 Å². The van der Waals surface area contributed by atoms with Gasteiger partial charge in [-0.05, 0) is 51.3 Å². The lowest BCUT2D eigenvalue weighted by Gasteiger charge is -2.21. The smallest absolute Gasteiger partial charge is 0.0708 e. The Bertz CT molecular complexity index is 350. The van der Waals surface area contributed by atoms with Crippen molar-refractivity contribution >= 4 is 0 Å². The Morgan fingerprint density at radius 1 is 1.47 bits per heavy atom. The van der Waals surface area contributed by atoms with Crippen molar-refractivity contribution in [2.75, 3.05) is 6.54 Å². The molecule has 1 N–H and O–H groups in total. The van der Waals surface area contributed by atoms with Crippen LogP contribution in [-0.2, 0) is 4.74 Å². The van der Waals surface area contributed by atoms with Crippen LogP contribution < -0.4 is 5.32 Å². The van der Waals surface area contributed by atoms with E-state index in [4.69, 9.17) is 4.74 Å². The SMILES string of the molecule is C[C@H](NCC1CCC(C)(C)O1)c1ccncc1. The molecule has 17 heavy (non-hydrogen) atoms. The predicted octanol–water partition coefficient (Wildman–Crippen LogP) is 2.69. The topological polar surface area (TPSA) is 34.1 Å². The minimum Gasteiger partial charge on any atom is -0.371 e. The number of pyridine rings is 1. The van der Waals surface area contributed by atoms with Crippen LogP contribution in [0.1, 0.15) is 45.2 Å². The molecule has 94 valence electrons. The van der Waals surface area contributed by atoms with Gasteiger partial charge in [0.2, 0.25) is 0 Å². The number of rotatable bonds is 4. The van der Waals surface area contributed by atoms with Crippen molar-refractivity contribution in [3.8, 4) is 0 Å². The molecule has 0 bridgehead atoms. The molecule has 2 heterocycles. The quantitative estimate of drug-likeness (QED) is 0.869. The van der Waals surface area contributed by atoms with Gasteiger partial charge in [0.1, 0.15) is 0 Å². The Kier molecular flexibility index (Phi) is 3.79. The normalized spacial score (nSPS) is 24.8. The molecule has 1 aliphatic rings. The first kappa shape index (κ1) is 12.5. The van der Waals surface area contributed by atoms with Crippen molar-refractivity contribution in [1.29, 1.82) is 0 Å². The van der Waals surface area contributed by atoms with E-state index >= 15 is 0 Å². The first-order chi connectivity index (χ1) is 8.07. The fraction of sp³-hybridized carbons (Fsp3) is 0.643. The highest BCUT2D eigenvalue weighted by molar-refractivity contribution is 5.13. The first-order valence-corrected chi connectivity index (χ1v) is 6.38.